The molecule has 0 aliphatic heterocycles. The van der Waals surface area contributed by atoms with E-state index in [0.29, 0.717) is 23.4 Å². The third-order valence-corrected chi connectivity index (χ3v) is 6.98. The first-order valence-corrected chi connectivity index (χ1v) is 15.2. The highest BCUT2D eigenvalue weighted by Gasteiger charge is 2.28. The lowest BCUT2D eigenvalue weighted by Gasteiger charge is -2.24. The van der Waals surface area contributed by atoms with Crippen LogP contribution in [-0.2, 0) is 16.1 Å². The zero-order valence-electron chi connectivity index (χ0n) is 27.5. The van der Waals surface area contributed by atoms with Gasteiger partial charge in [-0.3, -0.25) is 19.2 Å². The number of nitrogens with one attached hydrogen (secondary N) is 4. The van der Waals surface area contributed by atoms with Gasteiger partial charge >= 0.3 is 0 Å². The van der Waals surface area contributed by atoms with E-state index in [0.717, 1.165) is 11.1 Å². The summed E-state index contributed by atoms with van der Waals surface area (Å²) in [5, 5.41) is 35.1. The van der Waals surface area contributed by atoms with Gasteiger partial charge in [0.05, 0.1) is 6.04 Å². The third-order valence-electron chi connectivity index (χ3n) is 6.98. The fourth-order valence-electron chi connectivity index (χ4n) is 4.45. The maximum Gasteiger partial charge on any atom is 0.273 e. The minimum absolute atomic E-state index is 0.0178. The Balaban J connectivity index is 1.69. The molecule has 3 aromatic rings. The van der Waals surface area contributed by atoms with Gasteiger partial charge < -0.3 is 30.9 Å². The Kier molecular flexibility index (Phi) is 12.7. The largest absolute Gasteiger partial charge is 0.381 e. The normalized spacial score (nSPS) is 13.5. The van der Waals surface area contributed by atoms with Crippen LogP contribution < -0.4 is 21.3 Å². The fourth-order valence-corrected chi connectivity index (χ4v) is 4.45. The number of aromatic nitrogens is 1. The van der Waals surface area contributed by atoms with Crippen molar-refractivity contribution in [3.8, 4) is 6.07 Å². The summed E-state index contributed by atoms with van der Waals surface area (Å²) in [7, 11) is 0. The Morgan fingerprint density at radius 3 is 2.26 bits per heavy atom. The van der Waals surface area contributed by atoms with Crippen LogP contribution in [0.5, 0.6) is 0 Å². The van der Waals surface area contributed by atoms with Gasteiger partial charge in [-0.2, -0.15) is 5.26 Å². The molecule has 12 nitrogen and oxygen atoms in total. The number of hydrogen-bond donors (Lipinski definition) is 5. The van der Waals surface area contributed by atoms with Crippen LogP contribution in [0.15, 0.2) is 64.7 Å². The van der Waals surface area contributed by atoms with Crippen molar-refractivity contribution in [2.75, 3.05) is 6.54 Å². The van der Waals surface area contributed by atoms with Gasteiger partial charge in [0.2, 0.25) is 0 Å². The number of carbonyl (C=O) groups excluding carboxylic acids is 4. The monoisotopic (exact) mass is 642 g/mol. The van der Waals surface area contributed by atoms with E-state index in [1.54, 1.807) is 31.2 Å². The van der Waals surface area contributed by atoms with E-state index in [9.17, 15) is 29.5 Å². The van der Waals surface area contributed by atoms with Crippen molar-refractivity contribution >= 4 is 29.6 Å². The molecule has 3 rings (SSSR count). The first kappa shape index (κ1) is 36.3. The molecule has 0 spiro atoms. The van der Waals surface area contributed by atoms with Crippen molar-refractivity contribution in [3.05, 3.63) is 93.9 Å². The van der Waals surface area contributed by atoms with E-state index in [1.165, 1.54) is 19.1 Å². The lowest BCUT2D eigenvalue weighted by molar-refractivity contribution is -0.131. The molecule has 2 aromatic carbocycles. The molecule has 12 heteroatoms. The van der Waals surface area contributed by atoms with Crippen LogP contribution in [0.1, 0.15) is 77.4 Å². The van der Waals surface area contributed by atoms with E-state index in [2.05, 4.69) is 26.4 Å². The number of rotatable bonds is 14. The van der Waals surface area contributed by atoms with Crippen LogP contribution in [0.2, 0.25) is 0 Å². The summed E-state index contributed by atoms with van der Waals surface area (Å²) >= 11 is 0. The van der Waals surface area contributed by atoms with Crippen LogP contribution >= 0.6 is 0 Å². The van der Waals surface area contributed by atoms with Gasteiger partial charge in [0.1, 0.15) is 17.4 Å². The molecule has 0 unspecified atom stereocenters. The number of benzene rings is 2. The smallest absolute Gasteiger partial charge is 0.273 e. The molecule has 3 atom stereocenters. The van der Waals surface area contributed by atoms with E-state index in [1.807, 2.05) is 58.0 Å². The van der Waals surface area contributed by atoms with Crippen LogP contribution in [0.25, 0.3) is 6.08 Å². The van der Waals surface area contributed by atoms with Crippen molar-refractivity contribution in [2.24, 2.45) is 0 Å². The number of carbonyl (C=O) groups is 4. The topological polar surface area (TPSA) is 186 Å². The van der Waals surface area contributed by atoms with Crippen molar-refractivity contribution in [3.63, 3.8) is 0 Å². The lowest BCUT2D eigenvalue weighted by Crippen LogP contribution is -2.53. The molecule has 0 aliphatic rings. The number of amides is 3. The zero-order valence-corrected chi connectivity index (χ0v) is 27.5. The molecule has 0 saturated heterocycles. The van der Waals surface area contributed by atoms with Crippen LogP contribution in [-0.4, -0.2) is 64.0 Å². The first-order chi connectivity index (χ1) is 22.1. The minimum atomic E-state index is -1.61. The number of aryl methyl sites for hydroxylation is 2. The van der Waals surface area contributed by atoms with Crippen molar-refractivity contribution in [2.45, 2.75) is 78.2 Å². The van der Waals surface area contributed by atoms with Gasteiger partial charge in [-0.05, 0) is 58.7 Å². The van der Waals surface area contributed by atoms with E-state index in [4.69, 9.17) is 4.52 Å². The summed E-state index contributed by atoms with van der Waals surface area (Å²) in [6, 6.07) is 16.0. The van der Waals surface area contributed by atoms with Crippen molar-refractivity contribution < 1.29 is 28.8 Å². The second kappa shape index (κ2) is 16.4. The molecule has 0 radical (unpaired) electrons. The molecular formula is C35H42N6O6. The summed E-state index contributed by atoms with van der Waals surface area (Å²) in [6.45, 7) is 11.2. The number of nitrogens with zero attached hydrogens (tertiary/aromatic N) is 2. The first-order valence-electron chi connectivity index (χ1n) is 15.2. The number of hydrogen-bond acceptors (Lipinski definition) is 9. The number of ketones is 1. The molecule has 0 fully saturated rings. The number of Topliss-reactive ketones (excluding diaryl/α,β-unsaturated/α-hetero) is 1. The molecule has 47 heavy (non-hydrogen) atoms. The van der Waals surface area contributed by atoms with Crippen LogP contribution in [0.4, 0.5) is 0 Å². The SMILES string of the molecule is Cc1ccc(CNC[C@H](CC(=O)c2ccc(C=C(C#N)C(=O)NC(C)(C)C)cc2)NC(=O)[C@H](O)[C@H](C)NC(=O)c2cc(C)on2)cc1. The van der Waals surface area contributed by atoms with Gasteiger partial charge in [-0.25, -0.2) is 0 Å². The summed E-state index contributed by atoms with van der Waals surface area (Å²) in [6.07, 6.45) is -0.263. The average molecular weight is 643 g/mol. The highest BCUT2D eigenvalue weighted by atomic mass is 16.5. The lowest BCUT2D eigenvalue weighted by atomic mass is 10.0. The summed E-state index contributed by atoms with van der Waals surface area (Å²) in [5.74, 6) is -1.70. The van der Waals surface area contributed by atoms with Crippen LogP contribution in [0.3, 0.4) is 0 Å². The molecule has 0 saturated carbocycles. The molecular weight excluding hydrogens is 600 g/mol. The highest BCUT2D eigenvalue weighted by Crippen LogP contribution is 2.13. The van der Waals surface area contributed by atoms with Gasteiger partial charge in [0.15, 0.2) is 17.6 Å². The Bertz CT molecular complexity index is 1630. The molecule has 248 valence electrons. The Labute approximate surface area is 274 Å². The summed E-state index contributed by atoms with van der Waals surface area (Å²) in [4.78, 5) is 51.3. The highest BCUT2D eigenvalue weighted by molar-refractivity contribution is 6.02. The Morgan fingerprint density at radius 1 is 1.02 bits per heavy atom. The zero-order chi connectivity index (χ0) is 34.7. The predicted octanol–water partition coefficient (Wildman–Crippen LogP) is 3.14. The molecule has 0 bridgehead atoms. The van der Waals surface area contributed by atoms with Gasteiger partial charge in [-0.1, -0.05) is 59.3 Å². The number of nitriles is 1. The molecule has 3 amide bonds. The van der Waals surface area contributed by atoms with Gasteiger partial charge in [-0.15, -0.1) is 0 Å². The number of aliphatic hydroxyl groups excluding tert-OH is 1. The second-order valence-corrected chi connectivity index (χ2v) is 12.5. The Hall–Kier alpha value is -5.12. The van der Waals surface area contributed by atoms with Crippen molar-refractivity contribution in [1.82, 2.24) is 26.4 Å². The second-order valence-electron chi connectivity index (χ2n) is 12.5. The number of aliphatic hydroxyl groups is 1. The fraction of sp³-hybridized carbons (Fsp3) is 0.371. The third kappa shape index (κ3) is 11.6. The average Bonchev–Trinajstić information content (AvgIpc) is 3.46. The van der Waals surface area contributed by atoms with E-state index < -0.39 is 41.4 Å². The summed E-state index contributed by atoms with van der Waals surface area (Å²) in [5.41, 5.74) is 2.50. The Morgan fingerprint density at radius 2 is 1.68 bits per heavy atom. The van der Waals surface area contributed by atoms with Gasteiger partial charge in [0, 0.05) is 42.7 Å². The maximum atomic E-state index is 13.3. The molecule has 0 aliphatic carbocycles. The maximum absolute atomic E-state index is 13.3. The van der Waals surface area contributed by atoms with Crippen LogP contribution in [0, 0.1) is 25.2 Å². The molecule has 1 heterocycles. The van der Waals surface area contributed by atoms with Crippen molar-refractivity contribution in [1.29, 1.82) is 5.26 Å². The van der Waals surface area contributed by atoms with E-state index >= 15 is 0 Å². The standard InChI is InChI=1S/C35H42N6O6/c1-21-7-9-25(10-8-21)19-37-20-28(39-34(46)31(43)23(3)38-33(45)29-15-22(2)47-41-29)17-30(42)26-13-11-24(12-14-26)16-27(18-36)32(44)40-35(4,5)6/h7-16,23,28,31,37,43H,17,19-20H2,1-6H3,(H,38,45)(H,39,46)(H,40,44)/t23-,28-,31+/m0/s1. The summed E-state index contributed by atoms with van der Waals surface area (Å²) < 4.78 is 4.91. The van der Waals surface area contributed by atoms with Gasteiger partial charge in [0.25, 0.3) is 17.7 Å². The van der Waals surface area contributed by atoms with E-state index in [-0.39, 0.29) is 30.0 Å². The molecule has 1 aromatic heterocycles. The predicted molar refractivity (Wildman–Crippen MR) is 176 cm³/mol. The quantitative estimate of drug-likeness (QED) is 0.100. The molecule has 5 N–H and O–H groups in total. The minimum Gasteiger partial charge on any atom is -0.381 e.